The van der Waals surface area contributed by atoms with Crippen LogP contribution < -0.4 is 15.4 Å². The molecule has 0 spiro atoms. The van der Waals surface area contributed by atoms with Gasteiger partial charge < -0.3 is 10.1 Å². The minimum Gasteiger partial charge on any atom is -0.490 e. The van der Waals surface area contributed by atoms with Gasteiger partial charge in [-0.05, 0) is 60.2 Å². The number of halogens is 1. The molecular weight excluding hydrogens is 340 g/mol. The number of rotatable bonds is 5. The highest BCUT2D eigenvalue weighted by atomic mass is 79.9. The summed E-state index contributed by atoms with van der Waals surface area (Å²) in [4.78, 5) is 12.0. The van der Waals surface area contributed by atoms with Gasteiger partial charge in [0.05, 0.1) is 10.6 Å². The van der Waals surface area contributed by atoms with Crippen LogP contribution in [0.25, 0.3) is 0 Å². The molecule has 0 saturated heterocycles. The Kier molecular flexibility index (Phi) is 6.67. The molecular formula is C14H17BrN2O2S. The second-order valence-corrected chi connectivity index (χ2v) is 5.53. The van der Waals surface area contributed by atoms with E-state index < -0.39 is 0 Å². The highest BCUT2D eigenvalue weighted by Crippen LogP contribution is 2.26. The van der Waals surface area contributed by atoms with Gasteiger partial charge in [0.25, 0.3) is 5.91 Å². The largest absolute Gasteiger partial charge is 0.490 e. The van der Waals surface area contributed by atoms with E-state index in [9.17, 15) is 4.79 Å². The van der Waals surface area contributed by atoms with Gasteiger partial charge in [-0.15, -0.1) is 6.58 Å². The number of hydrogen-bond donors (Lipinski definition) is 2. The monoisotopic (exact) mass is 356 g/mol. The zero-order chi connectivity index (χ0) is 15.1. The smallest absolute Gasteiger partial charge is 0.257 e. The molecule has 0 aliphatic carbocycles. The summed E-state index contributed by atoms with van der Waals surface area (Å²) in [7, 11) is 0. The predicted molar refractivity (Wildman–Crippen MR) is 88.2 cm³/mol. The molecule has 108 valence electrons. The molecule has 0 atom stereocenters. The highest BCUT2D eigenvalue weighted by molar-refractivity contribution is 9.10. The molecule has 1 rings (SSSR count). The van der Waals surface area contributed by atoms with Gasteiger partial charge in [-0.1, -0.05) is 6.08 Å². The molecule has 0 fully saturated rings. The SMILES string of the molecule is C=CCNC(=S)NC(=O)c1ccc(OC(C)C)c(Br)c1. The van der Waals surface area contributed by atoms with E-state index in [0.717, 1.165) is 4.47 Å². The summed E-state index contributed by atoms with van der Waals surface area (Å²) in [6.07, 6.45) is 1.73. The normalized spacial score (nSPS) is 10.0. The van der Waals surface area contributed by atoms with Crippen molar-refractivity contribution in [3.05, 3.63) is 40.9 Å². The van der Waals surface area contributed by atoms with E-state index in [1.807, 2.05) is 13.8 Å². The van der Waals surface area contributed by atoms with E-state index in [-0.39, 0.29) is 17.1 Å². The predicted octanol–water partition coefficient (Wildman–Crippen LogP) is 3.03. The zero-order valence-electron chi connectivity index (χ0n) is 11.4. The fourth-order valence-corrected chi connectivity index (χ4v) is 2.02. The Labute approximate surface area is 132 Å². The van der Waals surface area contributed by atoms with Gasteiger partial charge >= 0.3 is 0 Å². The molecule has 1 amide bonds. The Morgan fingerprint density at radius 3 is 2.80 bits per heavy atom. The standard InChI is InChI=1S/C14H17BrN2O2S/c1-4-7-16-14(20)17-13(18)10-5-6-12(11(15)8-10)19-9(2)3/h4-6,8-9H,1,7H2,2-3H3,(H2,16,17,18,20). The number of ether oxygens (including phenoxy) is 1. The van der Waals surface area contributed by atoms with E-state index in [0.29, 0.717) is 17.9 Å². The van der Waals surface area contributed by atoms with Crippen molar-refractivity contribution in [2.75, 3.05) is 6.54 Å². The second kappa shape index (κ2) is 8.01. The van der Waals surface area contributed by atoms with Crippen molar-refractivity contribution >= 4 is 39.2 Å². The minimum absolute atomic E-state index is 0.0710. The minimum atomic E-state index is -0.275. The van der Waals surface area contributed by atoms with Gasteiger partial charge in [-0.2, -0.15) is 0 Å². The van der Waals surface area contributed by atoms with Crippen LogP contribution in [0.2, 0.25) is 0 Å². The second-order valence-electron chi connectivity index (χ2n) is 4.26. The quantitative estimate of drug-likeness (QED) is 0.628. The van der Waals surface area contributed by atoms with E-state index in [1.165, 1.54) is 0 Å². The van der Waals surface area contributed by atoms with Crippen LogP contribution in [0.15, 0.2) is 35.3 Å². The number of thiocarbonyl (C=S) groups is 1. The lowest BCUT2D eigenvalue weighted by atomic mass is 10.2. The lowest BCUT2D eigenvalue weighted by Gasteiger charge is -2.13. The molecule has 0 bridgehead atoms. The fourth-order valence-electron chi connectivity index (χ4n) is 1.38. The lowest BCUT2D eigenvalue weighted by Crippen LogP contribution is -2.39. The highest BCUT2D eigenvalue weighted by Gasteiger charge is 2.11. The first kappa shape index (κ1) is 16.7. The van der Waals surface area contributed by atoms with Crippen molar-refractivity contribution < 1.29 is 9.53 Å². The van der Waals surface area contributed by atoms with Crippen molar-refractivity contribution in [3.8, 4) is 5.75 Å². The molecule has 1 aromatic rings. The first-order chi connectivity index (χ1) is 9.43. The molecule has 0 heterocycles. The van der Waals surface area contributed by atoms with Crippen LogP contribution in [0.4, 0.5) is 0 Å². The molecule has 1 aromatic carbocycles. The lowest BCUT2D eigenvalue weighted by molar-refractivity contribution is 0.0976. The number of amides is 1. The number of benzene rings is 1. The maximum atomic E-state index is 12.0. The molecule has 4 nitrogen and oxygen atoms in total. The Hall–Kier alpha value is -1.40. The Morgan fingerprint density at radius 2 is 2.25 bits per heavy atom. The third kappa shape index (κ3) is 5.30. The summed E-state index contributed by atoms with van der Waals surface area (Å²) >= 11 is 8.37. The van der Waals surface area contributed by atoms with Crippen molar-refractivity contribution in [2.24, 2.45) is 0 Å². The van der Waals surface area contributed by atoms with E-state index in [2.05, 4.69) is 33.1 Å². The van der Waals surface area contributed by atoms with Gasteiger partial charge in [-0.3, -0.25) is 10.1 Å². The number of carbonyl (C=O) groups excluding carboxylic acids is 1. The maximum Gasteiger partial charge on any atom is 0.257 e. The van der Waals surface area contributed by atoms with Crippen LogP contribution in [0.1, 0.15) is 24.2 Å². The number of carbonyl (C=O) groups is 1. The third-order valence-corrected chi connectivity index (χ3v) is 3.06. The van der Waals surface area contributed by atoms with Crippen LogP contribution in [0, 0.1) is 0 Å². The molecule has 0 aromatic heterocycles. The van der Waals surface area contributed by atoms with E-state index >= 15 is 0 Å². The average molecular weight is 357 g/mol. The van der Waals surface area contributed by atoms with Gasteiger partial charge in [0.1, 0.15) is 5.75 Å². The number of hydrogen-bond acceptors (Lipinski definition) is 3. The first-order valence-electron chi connectivity index (χ1n) is 6.10. The molecule has 0 saturated carbocycles. The van der Waals surface area contributed by atoms with Gasteiger partial charge in [0.2, 0.25) is 0 Å². The molecule has 0 radical (unpaired) electrons. The number of nitrogens with one attached hydrogen (secondary N) is 2. The van der Waals surface area contributed by atoms with Crippen molar-refractivity contribution in [1.29, 1.82) is 0 Å². The van der Waals surface area contributed by atoms with Crippen LogP contribution in [-0.2, 0) is 0 Å². The van der Waals surface area contributed by atoms with Gasteiger partial charge in [-0.25, -0.2) is 0 Å². The average Bonchev–Trinajstić information content (AvgIpc) is 2.38. The molecule has 0 unspecified atom stereocenters. The first-order valence-corrected chi connectivity index (χ1v) is 7.30. The molecule has 0 aliphatic rings. The summed E-state index contributed by atoms with van der Waals surface area (Å²) in [6.45, 7) is 7.95. The summed E-state index contributed by atoms with van der Waals surface area (Å²) in [5.41, 5.74) is 0.496. The van der Waals surface area contributed by atoms with E-state index in [4.69, 9.17) is 17.0 Å². The van der Waals surface area contributed by atoms with Crippen LogP contribution >= 0.6 is 28.1 Å². The molecule has 6 heteroatoms. The topological polar surface area (TPSA) is 50.4 Å². The fraction of sp³-hybridized carbons (Fsp3) is 0.286. The summed E-state index contributed by atoms with van der Waals surface area (Å²) < 4.78 is 6.31. The van der Waals surface area contributed by atoms with Crippen LogP contribution in [-0.4, -0.2) is 23.7 Å². The zero-order valence-corrected chi connectivity index (χ0v) is 13.8. The third-order valence-electron chi connectivity index (χ3n) is 2.19. The molecule has 20 heavy (non-hydrogen) atoms. The van der Waals surface area contributed by atoms with Crippen LogP contribution in [0.3, 0.4) is 0 Å². The Bertz CT molecular complexity index is 518. The van der Waals surface area contributed by atoms with Crippen molar-refractivity contribution in [3.63, 3.8) is 0 Å². The maximum absolute atomic E-state index is 12.0. The van der Waals surface area contributed by atoms with Gasteiger partial charge in [0, 0.05) is 12.1 Å². The van der Waals surface area contributed by atoms with Crippen LogP contribution in [0.5, 0.6) is 5.75 Å². The molecule has 2 N–H and O–H groups in total. The summed E-state index contributed by atoms with van der Waals surface area (Å²) in [5.74, 6) is 0.423. The van der Waals surface area contributed by atoms with Crippen molar-refractivity contribution in [1.82, 2.24) is 10.6 Å². The van der Waals surface area contributed by atoms with E-state index in [1.54, 1.807) is 24.3 Å². The Balaban J connectivity index is 2.72. The van der Waals surface area contributed by atoms with Gasteiger partial charge in [0.15, 0.2) is 5.11 Å². The van der Waals surface area contributed by atoms with Crippen molar-refractivity contribution in [2.45, 2.75) is 20.0 Å². The summed E-state index contributed by atoms with van der Waals surface area (Å²) in [5, 5.41) is 5.69. The Morgan fingerprint density at radius 1 is 1.55 bits per heavy atom. The summed E-state index contributed by atoms with van der Waals surface area (Å²) in [6, 6.07) is 5.14. The molecule has 0 aliphatic heterocycles.